The quantitative estimate of drug-likeness (QED) is 0.209. The van der Waals surface area contributed by atoms with E-state index < -0.39 is 17.7 Å². The number of ether oxygens (including phenoxy) is 1. The zero-order valence-corrected chi connectivity index (χ0v) is 19.5. The number of halogens is 1. The Labute approximate surface area is 191 Å². The van der Waals surface area contributed by atoms with Gasteiger partial charge in [-0.05, 0) is 42.7 Å². The summed E-state index contributed by atoms with van der Waals surface area (Å²) >= 11 is 3.37. The number of ketones is 1. The van der Waals surface area contributed by atoms with Crippen molar-refractivity contribution in [2.75, 3.05) is 13.2 Å². The van der Waals surface area contributed by atoms with E-state index >= 15 is 0 Å². The predicted octanol–water partition coefficient (Wildman–Crippen LogP) is 5.85. The zero-order chi connectivity index (χ0) is 22.4. The number of aliphatic hydroxyl groups is 1. The Balaban J connectivity index is 1.96. The summed E-state index contributed by atoms with van der Waals surface area (Å²) in [6.45, 7) is 5.20. The van der Waals surface area contributed by atoms with Gasteiger partial charge in [-0.25, -0.2) is 0 Å². The molecule has 1 N–H and O–H groups in total. The predicted molar refractivity (Wildman–Crippen MR) is 125 cm³/mol. The number of aliphatic hydroxyl groups excluding tert-OH is 1. The second kappa shape index (κ2) is 10.6. The molecule has 1 unspecified atom stereocenters. The molecule has 0 radical (unpaired) electrons. The number of unbranched alkanes of at least 4 members (excludes halogenated alkanes) is 2. The van der Waals surface area contributed by atoms with Crippen LogP contribution in [0.15, 0.2) is 58.6 Å². The van der Waals surface area contributed by atoms with E-state index in [-0.39, 0.29) is 11.3 Å². The highest BCUT2D eigenvalue weighted by molar-refractivity contribution is 9.10. The summed E-state index contributed by atoms with van der Waals surface area (Å²) in [5, 5.41) is 11.0. The number of hydrogen-bond donors (Lipinski definition) is 1. The fourth-order valence-electron chi connectivity index (χ4n) is 3.75. The number of benzene rings is 2. The van der Waals surface area contributed by atoms with Crippen molar-refractivity contribution in [1.29, 1.82) is 0 Å². The van der Waals surface area contributed by atoms with Crippen molar-refractivity contribution in [3.63, 3.8) is 0 Å². The van der Waals surface area contributed by atoms with E-state index in [1.807, 2.05) is 31.2 Å². The Morgan fingerprint density at radius 1 is 1.00 bits per heavy atom. The van der Waals surface area contributed by atoms with Crippen LogP contribution in [0.4, 0.5) is 0 Å². The number of amides is 1. The fourth-order valence-corrected chi connectivity index (χ4v) is 4.01. The van der Waals surface area contributed by atoms with Crippen LogP contribution >= 0.6 is 15.9 Å². The number of carbonyl (C=O) groups excluding carboxylic acids is 2. The number of likely N-dealkylation sites (tertiary alicyclic amines) is 1. The van der Waals surface area contributed by atoms with E-state index in [1.54, 1.807) is 29.2 Å². The molecule has 0 aromatic heterocycles. The smallest absolute Gasteiger partial charge is 0.295 e. The Hall–Kier alpha value is -2.60. The molecule has 0 aliphatic carbocycles. The van der Waals surface area contributed by atoms with Crippen molar-refractivity contribution in [2.45, 2.75) is 45.6 Å². The lowest BCUT2D eigenvalue weighted by molar-refractivity contribution is -0.139. The van der Waals surface area contributed by atoms with Gasteiger partial charge in [0.2, 0.25) is 0 Å². The van der Waals surface area contributed by atoms with Gasteiger partial charge in [0.1, 0.15) is 11.5 Å². The molecule has 0 spiro atoms. The van der Waals surface area contributed by atoms with E-state index in [1.165, 1.54) is 0 Å². The van der Waals surface area contributed by atoms with Gasteiger partial charge in [-0.2, -0.15) is 0 Å². The van der Waals surface area contributed by atoms with Gasteiger partial charge in [0.05, 0.1) is 18.2 Å². The number of rotatable bonds is 9. The van der Waals surface area contributed by atoms with Crippen LogP contribution in [-0.2, 0) is 9.59 Å². The topological polar surface area (TPSA) is 66.8 Å². The van der Waals surface area contributed by atoms with Crippen LogP contribution < -0.4 is 4.74 Å². The van der Waals surface area contributed by atoms with Gasteiger partial charge >= 0.3 is 0 Å². The van der Waals surface area contributed by atoms with E-state index in [0.717, 1.165) is 35.0 Å². The van der Waals surface area contributed by atoms with Gasteiger partial charge in [-0.1, -0.05) is 66.9 Å². The first-order valence-corrected chi connectivity index (χ1v) is 11.5. The van der Waals surface area contributed by atoms with Crippen LogP contribution in [0.2, 0.25) is 0 Å². The van der Waals surface area contributed by atoms with Crippen molar-refractivity contribution < 1.29 is 19.4 Å². The summed E-state index contributed by atoms with van der Waals surface area (Å²) in [4.78, 5) is 27.2. The van der Waals surface area contributed by atoms with Crippen LogP contribution in [0.5, 0.6) is 5.75 Å². The fraction of sp³-hybridized carbons (Fsp3) is 0.360. The minimum atomic E-state index is -0.654. The van der Waals surface area contributed by atoms with Gasteiger partial charge in [0.25, 0.3) is 11.7 Å². The lowest BCUT2D eigenvalue weighted by Crippen LogP contribution is -2.30. The molecule has 1 fully saturated rings. The molecule has 1 saturated heterocycles. The van der Waals surface area contributed by atoms with Crippen molar-refractivity contribution >= 4 is 33.4 Å². The Morgan fingerprint density at radius 3 is 2.29 bits per heavy atom. The largest absolute Gasteiger partial charge is 0.507 e. The number of nitrogens with zero attached hydrogens (tertiary/aromatic N) is 1. The second-order valence-electron chi connectivity index (χ2n) is 7.62. The molecule has 31 heavy (non-hydrogen) atoms. The average Bonchev–Trinajstić information content (AvgIpc) is 3.02. The zero-order valence-electron chi connectivity index (χ0n) is 17.9. The Bertz CT molecular complexity index is 950. The molecule has 1 aliphatic rings. The van der Waals surface area contributed by atoms with Crippen molar-refractivity contribution in [3.05, 3.63) is 69.7 Å². The molecule has 1 heterocycles. The van der Waals surface area contributed by atoms with Crippen molar-refractivity contribution in [1.82, 2.24) is 4.90 Å². The average molecular weight is 486 g/mol. The van der Waals surface area contributed by atoms with Crippen molar-refractivity contribution in [3.8, 4) is 5.75 Å². The third kappa shape index (κ3) is 5.18. The van der Waals surface area contributed by atoms with Crippen LogP contribution in [-0.4, -0.2) is 34.8 Å². The molecule has 2 aromatic carbocycles. The highest BCUT2D eigenvalue weighted by Gasteiger charge is 2.45. The van der Waals surface area contributed by atoms with Crippen molar-refractivity contribution in [2.24, 2.45) is 0 Å². The molecular formula is C25H28BrNO4. The molecule has 1 amide bonds. The summed E-state index contributed by atoms with van der Waals surface area (Å²) in [6, 6.07) is 13.8. The number of Topliss-reactive ketones (excluding diaryl/α,β-unsaturated/α-hetero) is 1. The molecular weight excluding hydrogens is 458 g/mol. The summed E-state index contributed by atoms with van der Waals surface area (Å²) in [5.74, 6) is -0.640. The van der Waals surface area contributed by atoms with E-state index in [9.17, 15) is 14.7 Å². The lowest BCUT2D eigenvalue weighted by Gasteiger charge is -2.25. The molecule has 6 heteroatoms. The normalized spacial score (nSPS) is 17.9. The summed E-state index contributed by atoms with van der Waals surface area (Å²) < 4.78 is 6.65. The molecule has 5 nitrogen and oxygen atoms in total. The molecule has 0 bridgehead atoms. The highest BCUT2D eigenvalue weighted by Crippen LogP contribution is 2.40. The molecule has 1 atom stereocenters. The first kappa shape index (κ1) is 23.1. The maximum absolute atomic E-state index is 12.9. The molecule has 3 rings (SSSR count). The summed E-state index contributed by atoms with van der Waals surface area (Å²) in [5.41, 5.74) is 1.39. The van der Waals surface area contributed by atoms with Gasteiger partial charge in [-0.15, -0.1) is 0 Å². The molecule has 0 saturated carbocycles. The SMILES string of the molecule is CCCCCOc1ccc(C2/C(=C(/O)c3ccc(Br)cc3)C(=O)C(=O)N2CCC)cc1. The van der Waals surface area contributed by atoms with E-state index in [0.29, 0.717) is 25.1 Å². The summed E-state index contributed by atoms with van der Waals surface area (Å²) in [6.07, 6.45) is 3.97. The van der Waals surface area contributed by atoms with Gasteiger partial charge in [-0.3, -0.25) is 9.59 Å². The number of carbonyl (C=O) groups is 2. The van der Waals surface area contributed by atoms with Crippen LogP contribution in [0.25, 0.3) is 5.76 Å². The molecule has 2 aromatic rings. The van der Waals surface area contributed by atoms with Gasteiger partial charge in [0, 0.05) is 16.6 Å². The summed E-state index contributed by atoms with van der Waals surface area (Å²) in [7, 11) is 0. The third-order valence-electron chi connectivity index (χ3n) is 5.33. The first-order chi connectivity index (χ1) is 15.0. The third-order valence-corrected chi connectivity index (χ3v) is 5.86. The highest BCUT2D eigenvalue weighted by atomic mass is 79.9. The second-order valence-corrected chi connectivity index (χ2v) is 8.54. The Morgan fingerprint density at radius 2 is 1.68 bits per heavy atom. The van der Waals surface area contributed by atoms with Gasteiger partial charge < -0.3 is 14.7 Å². The maximum Gasteiger partial charge on any atom is 0.295 e. The monoisotopic (exact) mass is 485 g/mol. The Kier molecular flexibility index (Phi) is 7.91. The van der Waals surface area contributed by atoms with E-state index in [2.05, 4.69) is 22.9 Å². The number of hydrogen-bond acceptors (Lipinski definition) is 4. The maximum atomic E-state index is 12.9. The van der Waals surface area contributed by atoms with E-state index in [4.69, 9.17) is 4.74 Å². The standard InChI is InChI=1S/C25H28BrNO4/c1-3-5-6-16-31-20-13-9-17(10-14-20)22-21(24(29)25(30)27(22)15-4-2)23(28)18-7-11-19(26)12-8-18/h7-14,22,28H,3-6,15-16H2,1-2H3/b23-21-. The molecule has 164 valence electrons. The van der Waals surface area contributed by atoms with Crippen LogP contribution in [0.1, 0.15) is 56.7 Å². The van der Waals surface area contributed by atoms with Crippen LogP contribution in [0, 0.1) is 0 Å². The van der Waals surface area contributed by atoms with Crippen LogP contribution in [0.3, 0.4) is 0 Å². The minimum Gasteiger partial charge on any atom is -0.507 e. The first-order valence-electron chi connectivity index (χ1n) is 10.7. The lowest BCUT2D eigenvalue weighted by atomic mass is 9.95. The van der Waals surface area contributed by atoms with Gasteiger partial charge in [0.15, 0.2) is 0 Å². The minimum absolute atomic E-state index is 0.123. The molecule has 1 aliphatic heterocycles.